The molecule has 0 saturated carbocycles. The molecular formula is C26H34N4O3S. The maximum atomic E-state index is 12.6. The number of carbonyl (C=O) groups excluding carboxylic acids is 2. The van der Waals surface area contributed by atoms with Crippen molar-refractivity contribution < 1.29 is 14.3 Å². The number of benzene rings is 2. The molecule has 1 aliphatic heterocycles. The van der Waals surface area contributed by atoms with Gasteiger partial charge in [-0.1, -0.05) is 33.8 Å². The highest BCUT2D eigenvalue weighted by molar-refractivity contribution is 7.80. The van der Waals surface area contributed by atoms with Crippen molar-refractivity contribution in [2.75, 3.05) is 43.0 Å². The van der Waals surface area contributed by atoms with Gasteiger partial charge in [-0.15, -0.1) is 0 Å². The fraction of sp³-hybridized carbons (Fsp3) is 0.423. The van der Waals surface area contributed by atoms with Crippen molar-refractivity contribution >= 4 is 40.5 Å². The van der Waals surface area contributed by atoms with E-state index in [9.17, 15) is 9.59 Å². The van der Waals surface area contributed by atoms with E-state index in [4.69, 9.17) is 17.0 Å². The molecule has 34 heavy (non-hydrogen) atoms. The number of amides is 2. The van der Waals surface area contributed by atoms with E-state index in [1.54, 1.807) is 18.2 Å². The minimum Gasteiger partial charge on any atom is -0.493 e. The van der Waals surface area contributed by atoms with Crippen molar-refractivity contribution in [2.24, 2.45) is 11.8 Å². The van der Waals surface area contributed by atoms with Gasteiger partial charge < -0.3 is 19.9 Å². The predicted octanol–water partition coefficient (Wildman–Crippen LogP) is 4.15. The molecule has 1 fully saturated rings. The lowest BCUT2D eigenvalue weighted by Gasteiger charge is -2.37. The van der Waals surface area contributed by atoms with Crippen molar-refractivity contribution in [1.29, 1.82) is 0 Å². The van der Waals surface area contributed by atoms with Crippen LogP contribution in [0.2, 0.25) is 0 Å². The molecule has 0 radical (unpaired) electrons. The van der Waals surface area contributed by atoms with Gasteiger partial charge in [-0.05, 0) is 60.6 Å². The quantitative estimate of drug-likeness (QED) is 0.578. The van der Waals surface area contributed by atoms with Crippen LogP contribution in [0.4, 0.5) is 11.4 Å². The molecule has 1 aliphatic rings. The van der Waals surface area contributed by atoms with Gasteiger partial charge in [-0.2, -0.15) is 0 Å². The highest BCUT2D eigenvalue weighted by atomic mass is 32.1. The van der Waals surface area contributed by atoms with Gasteiger partial charge >= 0.3 is 0 Å². The first-order chi connectivity index (χ1) is 16.2. The molecule has 0 aliphatic carbocycles. The molecule has 8 heteroatoms. The van der Waals surface area contributed by atoms with E-state index in [1.165, 1.54) is 0 Å². The van der Waals surface area contributed by atoms with E-state index in [2.05, 4.69) is 29.4 Å². The number of carbonyl (C=O) groups is 2. The van der Waals surface area contributed by atoms with Crippen molar-refractivity contribution in [1.82, 2.24) is 10.2 Å². The molecule has 182 valence electrons. The zero-order chi connectivity index (χ0) is 24.7. The SMILES string of the molecule is CC(C)COc1cccc(C(=O)NC(=S)Nc2ccc(N3CCN(C(=O)C(C)C)CC3)cc2)c1. The Bertz CT molecular complexity index is 999. The molecule has 1 saturated heterocycles. The second kappa shape index (κ2) is 11.8. The number of rotatable bonds is 7. The summed E-state index contributed by atoms with van der Waals surface area (Å²) in [4.78, 5) is 29.0. The Morgan fingerprint density at radius 2 is 1.68 bits per heavy atom. The van der Waals surface area contributed by atoms with Crippen LogP contribution in [-0.4, -0.2) is 54.6 Å². The van der Waals surface area contributed by atoms with Crippen molar-refractivity contribution in [3.8, 4) is 5.75 Å². The number of anilines is 2. The monoisotopic (exact) mass is 482 g/mol. The van der Waals surface area contributed by atoms with Crippen LogP contribution in [0.5, 0.6) is 5.75 Å². The first kappa shape index (κ1) is 25.5. The Labute approximate surface area is 207 Å². The third-order valence-corrected chi connectivity index (χ3v) is 5.69. The van der Waals surface area contributed by atoms with E-state index < -0.39 is 0 Å². The molecule has 0 atom stereocenters. The van der Waals surface area contributed by atoms with Gasteiger partial charge in [-0.25, -0.2) is 0 Å². The van der Waals surface area contributed by atoms with Crippen LogP contribution in [0.15, 0.2) is 48.5 Å². The van der Waals surface area contributed by atoms with Crippen LogP contribution in [0, 0.1) is 11.8 Å². The minimum atomic E-state index is -0.294. The van der Waals surface area contributed by atoms with Crippen molar-refractivity contribution in [2.45, 2.75) is 27.7 Å². The molecule has 0 unspecified atom stereocenters. The first-order valence-corrected chi connectivity index (χ1v) is 12.1. The zero-order valence-electron chi connectivity index (χ0n) is 20.3. The third kappa shape index (κ3) is 7.18. The third-order valence-electron chi connectivity index (χ3n) is 5.48. The predicted molar refractivity (Wildman–Crippen MR) is 141 cm³/mol. The van der Waals surface area contributed by atoms with E-state index in [0.717, 1.165) is 37.6 Å². The fourth-order valence-electron chi connectivity index (χ4n) is 3.63. The summed E-state index contributed by atoms with van der Waals surface area (Å²) in [6, 6.07) is 15.0. The number of thiocarbonyl (C=S) groups is 1. The largest absolute Gasteiger partial charge is 0.493 e. The summed E-state index contributed by atoms with van der Waals surface area (Å²) in [7, 11) is 0. The Morgan fingerprint density at radius 3 is 2.29 bits per heavy atom. The van der Waals surface area contributed by atoms with E-state index in [1.807, 2.05) is 49.1 Å². The Hall–Kier alpha value is -3.13. The standard InChI is InChI=1S/C26H34N4O3S/c1-18(2)17-33-23-7-5-6-20(16-23)24(31)28-26(34)27-21-8-10-22(11-9-21)29-12-14-30(15-13-29)25(32)19(3)4/h5-11,16,18-19H,12-15,17H2,1-4H3,(H2,27,28,31,34). The van der Waals surface area contributed by atoms with Gasteiger partial charge in [0.05, 0.1) is 6.61 Å². The summed E-state index contributed by atoms with van der Waals surface area (Å²) in [6.45, 7) is 11.7. The van der Waals surface area contributed by atoms with Gasteiger partial charge in [0.2, 0.25) is 5.91 Å². The van der Waals surface area contributed by atoms with Crippen molar-refractivity contribution in [3.63, 3.8) is 0 Å². The zero-order valence-corrected chi connectivity index (χ0v) is 21.2. The number of ether oxygens (including phenoxy) is 1. The Balaban J connectivity index is 1.50. The summed E-state index contributed by atoms with van der Waals surface area (Å²) in [5.41, 5.74) is 2.36. The molecular weight excluding hydrogens is 448 g/mol. The molecule has 2 aromatic rings. The normalized spacial score (nSPS) is 13.7. The van der Waals surface area contributed by atoms with Crippen LogP contribution in [-0.2, 0) is 4.79 Å². The second-order valence-corrected chi connectivity index (χ2v) is 9.56. The van der Waals surface area contributed by atoms with Gasteiger partial charge in [0.1, 0.15) is 5.75 Å². The van der Waals surface area contributed by atoms with Crippen LogP contribution >= 0.6 is 12.2 Å². The summed E-state index contributed by atoms with van der Waals surface area (Å²) >= 11 is 5.32. The summed E-state index contributed by atoms with van der Waals surface area (Å²) in [6.07, 6.45) is 0. The number of nitrogens with zero attached hydrogens (tertiary/aromatic N) is 2. The van der Waals surface area contributed by atoms with Gasteiger partial charge in [0.25, 0.3) is 5.91 Å². The maximum absolute atomic E-state index is 12.6. The summed E-state index contributed by atoms with van der Waals surface area (Å²) < 4.78 is 5.70. The lowest BCUT2D eigenvalue weighted by atomic mass is 10.1. The molecule has 0 bridgehead atoms. The highest BCUT2D eigenvalue weighted by Crippen LogP contribution is 2.20. The van der Waals surface area contributed by atoms with Crippen LogP contribution < -0.4 is 20.3 Å². The summed E-state index contributed by atoms with van der Waals surface area (Å²) in [5, 5.41) is 6.00. The molecule has 3 rings (SSSR count). The molecule has 1 heterocycles. The molecule has 2 N–H and O–H groups in total. The van der Waals surface area contributed by atoms with Crippen molar-refractivity contribution in [3.05, 3.63) is 54.1 Å². The van der Waals surface area contributed by atoms with Crippen LogP contribution in [0.1, 0.15) is 38.1 Å². The number of nitrogens with one attached hydrogen (secondary N) is 2. The average Bonchev–Trinajstić information content (AvgIpc) is 2.83. The molecule has 0 spiro atoms. The van der Waals surface area contributed by atoms with Gasteiger partial charge in [0, 0.05) is 49.0 Å². The number of piperazine rings is 1. The second-order valence-electron chi connectivity index (χ2n) is 9.15. The number of hydrogen-bond donors (Lipinski definition) is 2. The first-order valence-electron chi connectivity index (χ1n) is 11.7. The van der Waals surface area contributed by atoms with Crippen LogP contribution in [0.25, 0.3) is 0 Å². The fourth-order valence-corrected chi connectivity index (χ4v) is 3.84. The molecule has 2 aromatic carbocycles. The maximum Gasteiger partial charge on any atom is 0.257 e. The lowest BCUT2D eigenvalue weighted by Crippen LogP contribution is -2.49. The Kier molecular flexibility index (Phi) is 8.87. The molecule has 7 nitrogen and oxygen atoms in total. The van der Waals surface area contributed by atoms with E-state index >= 15 is 0 Å². The molecule has 2 amide bonds. The Morgan fingerprint density at radius 1 is 1.00 bits per heavy atom. The van der Waals surface area contributed by atoms with Crippen LogP contribution in [0.3, 0.4) is 0 Å². The van der Waals surface area contributed by atoms with E-state index in [-0.39, 0.29) is 22.8 Å². The summed E-state index contributed by atoms with van der Waals surface area (Å²) in [5.74, 6) is 1.01. The molecule has 0 aromatic heterocycles. The van der Waals surface area contributed by atoms with E-state index in [0.29, 0.717) is 23.8 Å². The van der Waals surface area contributed by atoms with Gasteiger partial charge in [-0.3, -0.25) is 14.9 Å². The smallest absolute Gasteiger partial charge is 0.257 e. The highest BCUT2D eigenvalue weighted by Gasteiger charge is 2.22. The average molecular weight is 483 g/mol. The lowest BCUT2D eigenvalue weighted by molar-refractivity contribution is -0.134. The number of hydrogen-bond acceptors (Lipinski definition) is 5. The minimum absolute atomic E-state index is 0.0309. The topological polar surface area (TPSA) is 73.9 Å². The van der Waals surface area contributed by atoms with Gasteiger partial charge in [0.15, 0.2) is 5.11 Å².